The average Bonchev–Trinajstić information content (AvgIpc) is 2.67. The number of carbonyl (C=O) groups excluding carboxylic acids is 2. The summed E-state index contributed by atoms with van der Waals surface area (Å²) in [7, 11) is -3.23. The minimum absolute atomic E-state index is 0.213. The molecule has 0 atom stereocenters. The van der Waals surface area contributed by atoms with Crippen molar-refractivity contribution in [3.05, 3.63) is 0 Å². The van der Waals surface area contributed by atoms with Crippen molar-refractivity contribution < 1.29 is 39.9 Å². The molecule has 0 heterocycles. The van der Waals surface area contributed by atoms with Crippen LogP contribution in [0.25, 0.3) is 0 Å². The van der Waals surface area contributed by atoms with Gasteiger partial charge in [-0.15, -0.1) is 0 Å². The van der Waals surface area contributed by atoms with E-state index in [9.17, 15) is 34.8 Å². The largest absolute Gasteiger partial charge is 0.481 e. The average molecular weight is 442 g/mol. The molecule has 0 saturated carbocycles. The molecule has 0 rings (SSSR count). The van der Waals surface area contributed by atoms with Crippen LogP contribution in [0.2, 0.25) is 0 Å². The number of amides is 2. The van der Waals surface area contributed by atoms with Crippen LogP contribution in [-0.4, -0.2) is 91.1 Å². The molecule has 10 nitrogen and oxygen atoms in total. The summed E-state index contributed by atoms with van der Waals surface area (Å²) in [4.78, 5) is 37.3. The molecule has 0 aliphatic carbocycles. The van der Waals surface area contributed by atoms with Gasteiger partial charge in [-0.05, 0) is 19.3 Å². The van der Waals surface area contributed by atoms with Gasteiger partial charge >= 0.3 is 5.97 Å². The van der Waals surface area contributed by atoms with Gasteiger partial charge in [0.05, 0.1) is 25.4 Å². The van der Waals surface area contributed by atoms with Crippen molar-refractivity contribution in [3.8, 4) is 0 Å². The quantitative estimate of drug-likeness (QED) is 0.182. The van der Waals surface area contributed by atoms with Crippen molar-refractivity contribution in [2.75, 3.05) is 38.5 Å². The van der Waals surface area contributed by atoms with E-state index in [1.807, 2.05) is 0 Å². The number of carboxylic acids is 1. The predicted octanol–water partition coefficient (Wildman–Crippen LogP) is 0.538. The van der Waals surface area contributed by atoms with E-state index in [1.165, 1.54) is 9.34 Å². The number of carboxylic acid groups (broad SMARTS) is 1. The van der Waals surface area contributed by atoms with Crippen molar-refractivity contribution in [3.63, 3.8) is 0 Å². The molecular weight excluding hydrogens is 410 g/mol. The van der Waals surface area contributed by atoms with Crippen LogP contribution in [0.5, 0.6) is 0 Å². The lowest BCUT2D eigenvalue weighted by Crippen LogP contribution is -2.44. The molecule has 0 bridgehead atoms. The Morgan fingerprint density at radius 2 is 1.14 bits per heavy atom. The molecule has 0 saturated heterocycles. The SMILES string of the molecule is CCCN(C(=O)C(CCC(=O)O)C(=O)N(CCC)P(CO)CO)P(CO)CO. The van der Waals surface area contributed by atoms with Gasteiger partial charge < -0.3 is 34.9 Å². The third-order valence-corrected chi connectivity index (χ3v) is 7.42. The summed E-state index contributed by atoms with van der Waals surface area (Å²) in [6, 6.07) is 0. The standard InChI is InChI=1S/C16H32N2O8P2/c1-3-7-17(27(9-19)10-20)15(25)13(5-6-14(23)24)16(26)18(8-4-2)28(11-21)12-22/h13,19-22H,3-12H2,1-2H3,(H,23,24). The van der Waals surface area contributed by atoms with E-state index in [-0.39, 0.29) is 19.5 Å². The van der Waals surface area contributed by atoms with Crippen molar-refractivity contribution in [1.29, 1.82) is 0 Å². The molecule has 2 amide bonds. The van der Waals surface area contributed by atoms with Crippen LogP contribution >= 0.6 is 16.1 Å². The molecule has 0 unspecified atom stereocenters. The van der Waals surface area contributed by atoms with Crippen LogP contribution in [0.3, 0.4) is 0 Å². The number of aliphatic carboxylic acids is 1. The fourth-order valence-electron chi connectivity index (χ4n) is 2.58. The zero-order valence-corrected chi connectivity index (χ0v) is 18.2. The highest BCUT2D eigenvalue weighted by atomic mass is 31.1. The minimum Gasteiger partial charge on any atom is -0.481 e. The lowest BCUT2D eigenvalue weighted by molar-refractivity contribution is -0.143. The normalized spacial score (nSPS) is 11.3. The second-order valence-electron chi connectivity index (χ2n) is 5.99. The van der Waals surface area contributed by atoms with Crippen LogP contribution in [0.15, 0.2) is 0 Å². The summed E-state index contributed by atoms with van der Waals surface area (Å²) in [5.74, 6) is -3.77. The highest BCUT2D eigenvalue weighted by molar-refractivity contribution is 7.55. The summed E-state index contributed by atoms with van der Waals surface area (Å²) in [5.41, 5.74) is 0. The number of rotatable bonds is 15. The van der Waals surface area contributed by atoms with Crippen LogP contribution < -0.4 is 0 Å². The highest BCUT2D eigenvalue weighted by Gasteiger charge is 2.38. The number of aliphatic hydroxyl groups is 4. The Morgan fingerprint density at radius 1 is 0.786 bits per heavy atom. The van der Waals surface area contributed by atoms with Gasteiger partial charge in [0.2, 0.25) is 11.8 Å². The van der Waals surface area contributed by atoms with Crippen LogP contribution in [0, 0.1) is 5.92 Å². The molecule has 28 heavy (non-hydrogen) atoms. The molecule has 0 aromatic heterocycles. The molecule has 0 radical (unpaired) electrons. The Kier molecular flexibility index (Phi) is 14.5. The predicted molar refractivity (Wildman–Crippen MR) is 107 cm³/mol. The molecule has 5 N–H and O–H groups in total. The van der Waals surface area contributed by atoms with Crippen LogP contribution in [0.4, 0.5) is 0 Å². The number of nitrogens with zero attached hydrogens (tertiary/aromatic N) is 2. The number of carbonyl (C=O) groups is 3. The maximum atomic E-state index is 13.1. The van der Waals surface area contributed by atoms with Crippen molar-refractivity contribution in [2.45, 2.75) is 39.5 Å². The Labute approximate surface area is 167 Å². The maximum absolute atomic E-state index is 13.1. The molecule has 0 fully saturated rings. The Hall–Kier alpha value is -0.890. The topological polar surface area (TPSA) is 159 Å². The minimum atomic E-state index is -1.61. The molecule has 0 spiro atoms. The van der Waals surface area contributed by atoms with E-state index in [0.29, 0.717) is 12.8 Å². The van der Waals surface area contributed by atoms with Crippen molar-refractivity contribution in [1.82, 2.24) is 9.34 Å². The van der Waals surface area contributed by atoms with Gasteiger partial charge in [-0.25, -0.2) is 0 Å². The molecule has 12 heteroatoms. The second-order valence-corrected chi connectivity index (χ2v) is 10.1. The lowest BCUT2D eigenvalue weighted by atomic mass is 10.0. The van der Waals surface area contributed by atoms with E-state index in [0.717, 1.165) is 0 Å². The Balaban J connectivity index is 5.87. The van der Waals surface area contributed by atoms with E-state index in [1.54, 1.807) is 13.8 Å². The van der Waals surface area contributed by atoms with Gasteiger partial charge in [0.25, 0.3) is 0 Å². The van der Waals surface area contributed by atoms with Gasteiger partial charge in [-0.2, -0.15) is 0 Å². The smallest absolute Gasteiger partial charge is 0.303 e. The fourth-order valence-corrected chi connectivity index (χ4v) is 5.17. The van der Waals surface area contributed by atoms with Crippen LogP contribution in [0.1, 0.15) is 39.5 Å². The first-order valence-electron chi connectivity index (χ1n) is 9.10. The van der Waals surface area contributed by atoms with Crippen molar-refractivity contribution in [2.24, 2.45) is 5.92 Å². The summed E-state index contributed by atoms with van der Waals surface area (Å²) < 4.78 is 2.54. The monoisotopic (exact) mass is 442 g/mol. The number of hydrogen-bond acceptors (Lipinski definition) is 7. The Morgan fingerprint density at radius 3 is 1.39 bits per heavy atom. The van der Waals surface area contributed by atoms with E-state index < -0.39 is 71.7 Å². The third kappa shape index (κ3) is 8.23. The zero-order chi connectivity index (χ0) is 21.7. The molecular formula is C16H32N2O8P2. The van der Waals surface area contributed by atoms with Gasteiger partial charge in [-0.3, -0.25) is 14.4 Å². The number of aliphatic hydroxyl groups excluding tert-OH is 4. The lowest BCUT2D eigenvalue weighted by Gasteiger charge is -2.35. The molecule has 0 aromatic rings. The summed E-state index contributed by atoms with van der Waals surface area (Å²) >= 11 is 0. The Bertz CT molecular complexity index is 455. The molecule has 164 valence electrons. The highest BCUT2D eigenvalue weighted by Crippen LogP contribution is 2.42. The van der Waals surface area contributed by atoms with E-state index in [4.69, 9.17) is 5.11 Å². The van der Waals surface area contributed by atoms with Gasteiger partial charge in [0.15, 0.2) is 0 Å². The summed E-state index contributed by atoms with van der Waals surface area (Å²) in [6.45, 7) is 4.03. The molecule has 0 aromatic carbocycles. The second kappa shape index (κ2) is 15.0. The van der Waals surface area contributed by atoms with Gasteiger partial charge in [-0.1, -0.05) is 13.8 Å². The van der Waals surface area contributed by atoms with Gasteiger partial charge in [0, 0.05) is 35.7 Å². The first kappa shape index (κ1) is 27.1. The molecule has 0 aliphatic heterocycles. The zero-order valence-electron chi connectivity index (χ0n) is 16.4. The van der Waals surface area contributed by atoms with E-state index >= 15 is 0 Å². The van der Waals surface area contributed by atoms with Crippen molar-refractivity contribution >= 4 is 33.9 Å². The first-order chi connectivity index (χ1) is 13.3. The first-order valence-corrected chi connectivity index (χ1v) is 12.4. The summed E-state index contributed by atoms with van der Waals surface area (Å²) in [6.07, 6.45) is -1.33. The molecule has 0 aliphatic rings. The number of hydrogen-bond donors (Lipinski definition) is 5. The maximum Gasteiger partial charge on any atom is 0.303 e. The van der Waals surface area contributed by atoms with E-state index in [2.05, 4.69) is 0 Å². The third-order valence-electron chi connectivity index (χ3n) is 3.96. The van der Waals surface area contributed by atoms with Crippen LogP contribution in [-0.2, 0) is 14.4 Å². The van der Waals surface area contributed by atoms with Gasteiger partial charge in [0.1, 0.15) is 5.92 Å². The summed E-state index contributed by atoms with van der Waals surface area (Å²) in [5, 5.41) is 47.0. The fraction of sp³-hybridized carbons (Fsp3) is 0.812.